The molecule has 0 atom stereocenters. The van der Waals surface area contributed by atoms with E-state index >= 15 is 0 Å². The third-order valence-corrected chi connectivity index (χ3v) is 2.58. The van der Waals surface area contributed by atoms with Crippen molar-refractivity contribution in [2.24, 2.45) is 0 Å². The molecule has 1 aromatic heterocycles. The van der Waals surface area contributed by atoms with Crippen LogP contribution < -0.4 is 4.74 Å². The molecule has 0 spiro atoms. The van der Waals surface area contributed by atoms with Crippen LogP contribution in [0, 0.1) is 17.1 Å². The molecule has 0 saturated carbocycles. The standard InChI is InChI=1S/C11H6ClFN2O/c1-16-9-3-7(13)2-8-10(12)6(4-14)5-15-11(8)9/h2-3,5H,1H3. The summed E-state index contributed by atoms with van der Waals surface area (Å²) in [5, 5.41) is 9.33. The highest BCUT2D eigenvalue weighted by Crippen LogP contribution is 2.31. The van der Waals surface area contributed by atoms with Crippen LogP contribution in [0.15, 0.2) is 18.3 Å². The number of fused-ring (bicyclic) bond motifs is 1. The first-order chi connectivity index (χ1) is 7.67. The van der Waals surface area contributed by atoms with Crippen LogP contribution in [-0.4, -0.2) is 12.1 Å². The van der Waals surface area contributed by atoms with E-state index < -0.39 is 5.82 Å². The van der Waals surface area contributed by atoms with E-state index in [-0.39, 0.29) is 10.6 Å². The Bertz CT molecular complexity index is 607. The monoisotopic (exact) mass is 236 g/mol. The van der Waals surface area contributed by atoms with Crippen molar-refractivity contribution in [1.29, 1.82) is 5.26 Å². The van der Waals surface area contributed by atoms with Gasteiger partial charge < -0.3 is 4.74 Å². The molecule has 0 N–H and O–H groups in total. The van der Waals surface area contributed by atoms with Crippen molar-refractivity contribution in [1.82, 2.24) is 4.98 Å². The summed E-state index contributed by atoms with van der Waals surface area (Å²) < 4.78 is 18.2. The third kappa shape index (κ3) is 1.55. The predicted octanol–water partition coefficient (Wildman–Crippen LogP) is 2.91. The molecule has 0 amide bonds. The number of rotatable bonds is 1. The Morgan fingerprint density at radius 2 is 2.25 bits per heavy atom. The first-order valence-corrected chi connectivity index (χ1v) is 4.77. The molecule has 0 radical (unpaired) electrons. The van der Waals surface area contributed by atoms with Gasteiger partial charge in [0.15, 0.2) is 0 Å². The van der Waals surface area contributed by atoms with Gasteiger partial charge in [0.2, 0.25) is 0 Å². The molecule has 0 bridgehead atoms. The number of methoxy groups -OCH3 is 1. The van der Waals surface area contributed by atoms with E-state index in [1.54, 1.807) is 0 Å². The number of halogens is 2. The van der Waals surface area contributed by atoms with Crippen molar-refractivity contribution < 1.29 is 9.13 Å². The van der Waals surface area contributed by atoms with Gasteiger partial charge in [0.25, 0.3) is 0 Å². The Labute approximate surface area is 96.0 Å². The van der Waals surface area contributed by atoms with Crippen molar-refractivity contribution in [3.8, 4) is 11.8 Å². The molecular formula is C11H6ClFN2O. The number of aromatic nitrogens is 1. The van der Waals surface area contributed by atoms with Crippen LogP contribution in [0.5, 0.6) is 5.75 Å². The maximum absolute atomic E-state index is 13.3. The Hall–Kier alpha value is -1.86. The summed E-state index contributed by atoms with van der Waals surface area (Å²) in [7, 11) is 1.42. The number of pyridine rings is 1. The lowest BCUT2D eigenvalue weighted by molar-refractivity contribution is 0.415. The molecular weight excluding hydrogens is 231 g/mol. The van der Waals surface area contributed by atoms with E-state index in [9.17, 15) is 4.39 Å². The lowest BCUT2D eigenvalue weighted by Gasteiger charge is -2.06. The van der Waals surface area contributed by atoms with Crippen LogP contribution in [0.3, 0.4) is 0 Å². The van der Waals surface area contributed by atoms with E-state index in [2.05, 4.69) is 4.98 Å². The summed E-state index contributed by atoms with van der Waals surface area (Å²) in [5.41, 5.74) is 0.648. The maximum Gasteiger partial charge on any atom is 0.148 e. The van der Waals surface area contributed by atoms with E-state index in [4.69, 9.17) is 21.6 Å². The molecule has 0 unspecified atom stereocenters. The molecule has 3 nitrogen and oxygen atoms in total. The van der Waals surface area contributed by atoms with Crippen molar-refractivity contribution in [3.05, 3.63) is 34.7 Å². The van der Waals surface area contributed by atoms with Crippen molar-refractivity contribution in [2.75, 3.05) is 7.11 Å². The molecule has 1 heterocycles. The fourth-order valence-electron chi connectivity index (χ4n) is 1.44. The van der Waals surface area contributed by atoms with Gasteiger partial charge in [-0.3, -0.25) is 4.98 Å². The van der Waals surface area contributed by atoms with Gasteiger partial charge in [-0.15, -0.1) is 0 Å². The van der Waals surface area contributed by atoms with E-state index in [0.717, 1.165) is 0 Å². The second-order valence-corrected chi connectivity index (χ2v) is 3.48. The summed E-state index contributed by atoms with van der Waals surface area (Å²) in [6, 6.07) is 4.34. The topological polar surface area (TPSA) is 45.9 Å². The SMILES string of the molecule is COc1cc(F)cc2c(Cl)c(C#N)cnc12. The average molecular weight is 237 g/mol. The molecule has 0 saturated heterocycles. The summed E-state index contributed by atoms with van der Waals surface area (Å²) >= 11 is 5.96. The van der Waals surface area contributed by atoms with Crippen molar-refractivity contribution >= 4 is 22.5 Å². The van der Waals surface area contributed by atoms with Gasteiger partial charge in [0.1, 0.15) is 23.2 Å². The second kappa shape index (κ2) is 3.95. The van der Waals surface area contributed by atoms with Gasteiger partial charge in [-0.2, -0.15) is 5.26 Å². The molecule has 0 aliphatic heterocycles. The summed E-state index contributed by atoms with van der Waals surface area (Å²) in [5.74, 6) is -0.190. The van der Waals surface area contributed by atoms with Gasteiger partial charge in [-0.05, 0) is 6.07 Å². The Morgan fingerprint density at radius 1 is 1.50 bits per heavy atom. The molecule has 0 aliphatic carbocycles. The minimum atomic E-state index is -0.483. The first-order valence-electron chi connectivity index (χ1n) is 4.39. The van der Waals surface area contributed by atoms with Crippen LogP contribution in [0.1, 0.15) is 5.56 Å². The summed E-state index contributed by atoms with van der Waals surface area (Å²) in [4.78, 5) is 4.03. The minimum absolute atomic E-state index is 0.185. The Morgan fingerprint density at radius 3 is 2.88 bits per heavy atom. The predicted molar refractivity (Wildman–Crippen MR) is 58.0 cm³/mol. The van der Waals surface area contributed by atoms with Crippen LogP contribution >= 0.6 is 11.6 Å². The quantitative estimate of drug-likeness (QED) is 0.765. The fraction of sp³-hybridized carbons (Fsp3) is 0.0909. The largest absolute Gasteiger partial charge is 0.494 e. The summed E-state index contributed by atoms with van der Waals surface area (Å²) in [6.07, 6.45) is 1.34. The van der Waals surface area contributed by atoms with Crippen LogP contribution in [-0.2, 0) is 0 Å². The van der Waals surface area contributed by atoms with Gasteiger partial charge in [-0.1, -0.05) is 11.6 Å². The van der Waals surface area contributed by atoms with Gasteiger partial charge in [0, 0.05) is 17.6 Å². The highest BCUT2D eigenvalue weighted by Gasteiger charge is 2.12. The molecule has 80 valence electrons. The zero-order valence-corrected chi connectivity index (χ0v) is 9.05. The Balaban J connectivity index is 2.90. The summed E-state index contributed by atoms with van der Waals surface area (Å²) in [6.45, 7) is 0. The second-order valence-electron chi connectivity index (χ2n) is 3.10. The molecule has 2 rings (SSSR count). The van der Waals surface area contributed by atoms with E-state index in [1.807, 2.05) is 6.07 Å². The Kier molecular flexibility index (Phi) is 2.63. The molecule has 2 aromatic rings. The third-order valence-electron chi connectivity index (χ3n) is 2.18. The van der Waals surface area contributed by atoms with Gasteiger partial charge >= 0.3 is 0 Å². The van der Waals surface area contributed by atoms with Gasteiger partial charge in [-0.25, -0.2) is 4.39 Å². The van der Waals surface area contributed by atoms with Gasteiger partial charge in [0.05, 0.1) is 17.7 Å². The maximum atomic E-state index is 13.3. The van der Waals surface area contributed by atoms with Crippen LogP contribution in [0.25, 0.3) is 10.9 Å². The molecule has 0 aliphatic rings. The fourth-order valence-corrected chi connectivity index (χ4v) is 1.67. The molecule has 0 fully saturated rings. The smallest absolute Gasteiger partial charge is 0.148 e. The normalized spacial score (nSPS) is 10.1. The minimum Gasteiger partial charge on any atom is -0.494 e. The van der Waals surface area contributed by atoms with E-state index in [0.29, 0.717) is 16.7 Å². The zero-order chi connectivity index (χ0) is 11.7. The number of hydrogen-bond acceptors (Lipinski definition) is 3. The number of nitriles is 1. The zero-order valence-electron chi connectivity index (χ0n) is 8.29. The average Bonchev–Trinajstić information content (AvgIpc) is 2.29. The molecule has 1 aromatic carbocycles. The van der Waals surface area contributed by atoms with Crippen molar-refractivity contribution in [3.63, 3.8) is 0 Å². The first kappa shape index (κ1) is 10.7. The van der Waals surface area contributed by atoms with Crippen LogP contribution in [0.2, 0.25) is 5.02 Å². The molecule has 16 heavy (non-hydrogen) atoms. The lowest BCUT2D eigenvalue weighted by Crippen LogP contribution is -1.92. The lowest BCUT2D eigenvalue weighted by atomic mass is 10.1. The number of nitrogens with zero attached hydrogens (tertiary/aromatic N) is 2. The number of ether oxygens (including phenoxy) is 1. The highest BCUT2D eigenvalue weighted by atomic mass is 35.5. The number of hydrogen-bond donors (Lipinski definition) is 0. The number of benzene rings is 1. The van der Waals surface area contributed by atoms with Crippen molar-refractivity contribution in [2.45, 2.75) is 0 Å². The highest BCUT2D eigenvalue weighted by molar-refractivity contribution is 6.36. The molecule has 5 heteroatoms. The van der Waals surface area contributed by atoms with Crippen LogP contribution in [0.4, 0.5) is 4.39 Å². The van der Waals surface area contributed by atoms with E-state index in [1.165, 1.54) is 25.4 Å².